The number of nitrogens with zero attached hydrogens (tertiary/aromatic N) is 1. The Morgan fingerprint density at radius 3 is 2.41 bits per heavy atom. The summed E-state index contributed by atoms with van der Waals surface area (Å²) in [5.41, 5.74) is -1.05. The van der Waals surface area contributed by atoms with Crippen molar-refractivity contribution in [1.82, 2.24) is 0 Å². The predicted octanol–water partition coefficient (Wildman–Crippen LogP) is 1.08. The van der Waals surface area contributed by atoms with Gasteiger partial charge in [0.05, 0.1) is 17.8 Å². The van der Waals surface area contributed by atoms with Crippen molar-refractivity contribution in [1.29, 1.82) is 0 Å². The third-order valence-corrected chi connectivity index (χ3v) is 2.39. The number of hydrogen-bond acceptors (Lipinski definition) is 3. The quantitative estimate of drug-likeness (QED) is 0.726. The second kappa shape index (κ2) is 3.73. The van der Waals surface area contributed by atoms with Gasteiger partial charge in [-0.2, -0.15) is 0 Å². The molecule has 1 aromatic rings. The van der Waals surface area contributed by atoms with Gasteiger partial charge in [-0.15, -0.1) is 0 Å². The van der Waals surface area contributed by atoms with Gasteiger partial charge in [-0.3, -0.25) is 19.3 Å². The van der Waals surface area contributed by atoms with Crippen LogP contribution in [-0.4, -0.2) is 24.0 Å². The van der Waals surface area contributed by atoms with E-state index in [-0.39, 0.29) is 0 Å². The molecule has 1 heterocycles. The summed E-state index contributed by atoms with van der Waals surface area (Å²) in [4.78, 5) is 34.5. The lowest BCUT2D eigenvalue weighted by Gasteiger charge is -2.14. The lowest BCUT2D eigenvalue weighted by Crippen LogP contribution is -2.34. The van der Waals surface area contributed by atoms with Gasteiger partial charge in [0.15, 0.2) is 0 Å². The summed E-state index contributed by atoms with van der Waals surface area (Å²) >= 11 is 0. The molecule has 0 fully saturated rings. The molecule has 1 aliphatic rings. The summed E-state index contributed by atoms with van der Waals surface area (Å²) in [5.74, 6) is -4.51. The van der Waals surface area contributed by atoms with Gasteiger partial charge in [-0.1, -0.05) is 0 Å². The number of hydrogen-bond donors (Lipinski definition) is 0. The van der Waals surface area contributed by atoms with E-state index >= 15 is 0 Å². The highest BCUT2D eigenvalue weighted by molar-refractivity contribution is 6.52. The Kier molecular flexibility index (Phi) is 2.49. The van der Waals surface area contributed by atoms with Crippen LogP contribution >= 0.6 is 0 Å². The van der Waals surface area contributed by atoms with E-state index in [0.29, 0.717) is 4.90 Å². The van der Waals surface area contributed by atoms with E-state index < -0.39 is 46.9 Å². The van der Waals surface area contributed by atoms with Gasteiger partial charge in [0.25, 0.3) is 11.7 Å². The maximum absolute atomic E-state index is 13.5. The molecule has 17 heavy (non-hydrogen) atoms. The highest BCUT2D eigenvalue weighted by Crippen LogP contribution is 2.33. The minimum atomic E-state index is -1.13. The first-order valence-electron chi connectivity index (χ1n) is 4.77. The summed E-state index contributed by atoms with van der Waals surface area (Å²) in [6, 6.07) is 1.59. The molecule has 1 amide bonds. The molecule has 1 aromatic carbocycles. The van der Waals surface area contributed by atoms with Gasteiger partial charge in [0.1, 0.15) is 17.4 Å². The smallest absolute Gasteiger partial charge is 0.298 e. The molecule has 4 nitrogen and oxygen atoms in total. The van der Waals surface area contributed by atoms with E-state index in [0.717, 1.165) is 12.1 Å². The van der Waals surface area contributed by atoms with Gasteiger partial charge >= 0.3 is 0 Å². The average Bonchev–Trinajstić information content (AvgIpc) is 2.49. The number of carbonyl (C=O) groups excluding carboxylic acids is 3. The number of carbonyl (C=O) groups is 3. The van der Waals surface area contributed by atoms with Crippen molar-refractivity contribution >= 4 is 23.2 Å². The van der Waals surface area contributed by atoms with E-state index in [2.05, 4.69) is 0 Å². The van der Waals surface area contributed by atoms with Gasteiger partial charge < -0.3 is 0 Å². The Morgan fingerprint density at radius 2 is 1.82 bits per heavy atom. The molecule has 0 spiro atoms. The topological polar surface area (TPSA) is 54.5 Å². The molecule has 0 saturated heterocycles. The van der Waals surface area contributed by atoms with Crippen molar-refractivity contribution in [2.75, 3.05) is 11.4 Å². The molecule has 0 atom stereocenters. The van der Waals surface area contributed by atoms with Crippen molar-refractivity contribution in [2.45, 2.75) is 6.92 Å². The minimum Gasteiger partial charge on any atom is -0.298 e. The van der Waals surface area contributed by atoms with Crippen LogP contribution in [0.1, 0.15) is 17.3 Å². The maximum atomic E-state index is 13.5. The van der Waals surface area contributed by atoms with Crippen molar-refractivity contribution in [3.05, 3.63) is 29.3 Å². The summed E-state index contributed by atoms with van der Waals surface area (Å²) in [6.45, 7) is 0.741. The van der Waals surface area contributed by atoms with Crippen LogP contribution in [-0.2, 0) is 9.59 Å². The Bertz CT molecular complexity index is 554. The van der Waals surface area contributed by atoms with Crippen LogP contribution in [0.2, 0.25) is 0 Å². The van der Waals surface area contributed by atoms with Crippen molar-refractivity contribution in [2.24, 2.45) is 0 Å². The minimum absolute atomic E-state index is 0.428. The maximum Gasteiger partial charge on any atom is 0.300 e. The number of fused-ring (bicyclic) bond motifs is 1. The molecule has 2 rings (SSSR count). The molecule has 0 aliphatic carbocycles. The normalized spacial score (nSPS) is 14.2. The predicted molar refractivity (Wildman–Crippen MR) is 53.7 cm³/mol. The number of ketones is 2. The molecule has 0 saturated carbocycles. The van der Waals surface area contributed by atoms with Crippen LogP contribution in [0.5, 0.6) is 0 Å². The standard InChI is InChI=1S/C11H7F2NO3/c1-5(15)4-14-9-7(13)3-2-6(12)8(9)10(16)11(14)17/h2-3H,4H2,1H3. The number of halogens is 2. The summed E-state index contributed by atoms with van der Waals surface area (Å²) in [5, 5.41) is 0. The molecule has 0 radical (unpaired) electrons. The van der Waals surface area contributed by atoms with Crippen molar-refractivity contribution < 1.29 is 23.2 Å². The van der Waals surface area contributed by atoms with E-state index in [1.54, 1.807) is 0 Å². The fourth-order valence-electron chi connectivity index (χ4n) is 1.73. The van der Waals surface area contributed by atoms with E-state index in [4.69, 9.17) is 0 Å². The second-order valence-corrected chi connectivity index (χ2v) is 3.68. The monoisotopic (exact) mass is 239 g/mol. The zero-order valence-corrected chi connectivity index (χ0v) is 8.79. The Hall–Kier alpha value is -2.11. The zero-order valence-electron chi connectivity index (χ0n) is 8.79. The number of Topliss-reactive ketones (excluding diaryl/α,β-unsaturated/α-hetero) is 2. The molecule has 0 bridgehead atoms. The lowest BCUT2D eigenvalue weighted by atomic mass is 10.1. The summed E-state index contributed by atoms with van der Waals surface area (Å²) in [7, 11) is 0. The first kappa shape index (κ1) is 11.4. The van der Waals surface area contributed by atoms with Crippen molar-refractivity contribution in [3.63, 3.8) is 0 Å². The Morgan fingerprint density at radius 1 is 1.24 bits per heavy atom. The third kappa shape index (κ3) is 1.61. The molecule has 0 aromatic heterocycles. The van der Waals surface area contributed by atoms with E-state index in [1.807, 2.05) is 0 Å². The van der Waals surface area contributed by atoms with Crippen LogP contribution in [0.4, 0.5) is 14.5 Å². The van der Waals surface area contributed by atoms with Gasteiger partial charge in [-0.05, 0) is 19.1 Å². The largest absolute Gasteiger partial charge is 0.300 e. The number of anilines is 1. The fourth-order valence-corrected chi connectivity index (χ4v) is 1.73. The van der Waals surface area contributed by atoms with Crippen LogP contribution in [0.25, 0.3) is 0 Å². The SMILES string of the molecule is CC(=O)CN1C(=O)C(=O)c2c(F)ccc(F)c21. The zero-order chi connectivity index (χ0) is 12.7. The van der Waals surface area contributed by atoms with Gasteiger partial charge in [0, 0.05) is 0 Å². The molecule has 6 heteroatoms. The van der Waals surface area contributed by atoms with Crippen molar-refractivity contribution in [3.8, 4) is 0 Å². The molecule has 0 unspecified atom stereocenters. The molecular formula is C11H7F2NO3. The van der Waals surface area contributed by atoms with Crippen LogP contribution < -0.4 is 4.90 Å². The molecule has 0 N–H and O–H groups in total. The van der Waals surface area contributed by atoms with Crippen LogP contribution in [0, 0.1) is 11.6 Å². The Balaban J connectivity index is 2.63. The summed E-state index contributed by atoms with van der Waals surface area (Å²) in [6.07, 6.45) is 0. The highest BCUT2D eigenvalue weighted by Gasteiger charge is 2.40. The molecule has 1 aliphatic heterocycles. The number of rotatable bonds is 2. The number of amides is 1. The second-order valence-electron chi connectivity index (χ2n) is 3.68. The van der Waals surface area contributed by atoms with Crippen LogP contribution in [0.15, 0.2) is 12.1 Å². The average molecular weight is 239 g/mol. The Labute approximate surface area is 94.8 Å². The van der Waals surface area contributed by atoms with E-state index in [1.165, 1.54) is 6.92 Å². The van der Waals surface area contributed by atoms with Crippen LogP contribution in [0.3, 0.4) is 0 Å². The first-order chi connectivity index (χ1) is 7.93. The first-order valence-corrected chi connectivity index (χ1v) is 4.77. The van der Waals surface area contributed by atoms with E-state index in [9.17, 15) is 23.2 Å². The van der Waals surface area contributed by atoms with Gasteiger partial charge in [-0.25, -0.2) is 8.78 Å². The third-order valence-electron chi connectivity index (χ3n) is 2.39. The van der Waals surface area contributed by atoms with Gasteiger partial charge in [0.2, 0.25) is 0 Å². The number of benzene rings is 1. The highest BCUT2D eigenvalue weighted by atomic mass is 19.1. The summed E-state index contributed by atoms with van der Waals surface area (Å²) < 4.78 is 26.8. The molecular weight excluding hydrogens is 232 g/mol. The fraction of sp³-hybridized carbons (Fsp3) is 0.182. The lowest BCUT2D eigenvalue weighted by molar-refractivity contribution is -0.119. The molecule has 88 valence electrons.